The molecule has 15 heteroatoms. The van der Waals surface area contributed by atoms with Gasteiger partial charge < -0.3 is 30.5 Å². The van der Waals surface area contributed by atoms with Crippen molar-refractivity contribution in [3.8, 4) is 5.88 Å². The number of nitrogens with two attached hydrogens (primary N) is 1. The van der Waals surface area contributed by atoms with E-state index in [2.05, 4.69) is 20.4 Å². The van der Waals surface area contributed by atoms with Gasteiger partial charge in [-0.1, -0.05) is 18.2 Å². The van der Waals surface area contributed by atoms with Crippen LogP contribution in [0.1, 0.15) is 50.3 Å². The van der Waals surface area contributed by atoms with Crippen LogP contribution in [0.3, 0.4) is 0 Å². The predicted octanol–water partition coefficient (Wildman–Crippen LogP) is 5.10. The van der Waals surface area contributed by atoms with Crippen molar-refractivity contribution in [3.63, 3.8) is 0 Å². The smallest absolute Gasteiger partial charge is 0.429 e. The molecule has 2 saturated heterocycles. The topological polar surface area (TPSA) is 141 Å². The van der Waals surface area contributed by atoms with Gasteiger partial charge in [0.05, 0.1) is 17.5 Å². The third-order valence-corrected chi connectivity index (χ3v) is 9.36. The molecular weight excluding hydrogens is 646 g/mol. The van der Waals surface area contributed by atoms with Crippen molar-refractivity contribution < 1.29 is 36.9 Å². The average molecular weight is 686 g/mol. The van der Waals surface area contributed by atoms with E-state index in [0.717, 1.165) is 0 Å². The van der Waals surface area contributed by atoms with E-state index in [9.17, 15) is 14.3 Å². The number of nitrogen functional groups attached to an aromatic ring is 1. The number of anilines is 2. The lowest BCUT2D eigenvalue weighted by molar-refractivity contribution is -0.240. The zero-order chi connectivity index (χ0) is 35.1. The van der Waals surface area contributed by atoms with Crippen LogP contribution in [0.4, 0.5) is 29.3 Å². The van der Waals surface area contributed by atoms with Crippen molar-refractivity contribution in [2.75, 3.05) is 30.3 Å². The normalized spacial score (nSPS) is 24.3. The standard InChI is InChI=1S/C34H39F4N7O4/c1-20(2)49-33(9-7-23(22-5-4-6-24(35)15-22)16-26(33)45-12-8-21(3)43-45)30(34(36,37)38)48-28-17-27(41-31(39)42-28)44-13-10-32(11-14-44)18-25(29(46)47)40-19-32/h4-9,12,15-17,20,23,25,30,40H,10-11,13-14,18-19H2,1-3H3,(H,46,47)(H2,39,41,42)/t23?,25-,30+,33?/m0/s1. The number of alkyl halides is 3. The molecule has 49 heavy (non-hydrogen) atoms. The minimum Gasteiger partial charge on any atom is -0.480 e. The molecule has 2 fully saturated rings. The van der Waals surface area contributed by atoms with Gasteiger partial charge >= 0.3 is 12.1 Å². The molecule has 1 spiro atoms. The first-order chi connectivity index (χ1) is 23.2. The number of rotatable bonds is 9. The Balaban J connectivity index is 1.36. The van der Waals surface area contributed by atoms with Gasteiger partial charge in [0.15, 0.2) is 5.60 Å². The lowest BCUT2D eigenvalue weighted by Crippen LogP contribution is -2.58. The minimum absolute atomic E-state index is 0.0294. The van der Waals surface area contributed by atoms with Crippen molar-refractivity contribution in [2.45, 2.75) is 76.0 Å². The van der Waals surface area contributed by atoms with Crippen molar-refractivity contribution >= 4 is 23.4 Å². The molecule has 11 nitrogen and oxygen atoms in total. The lowest BCUT2D eigenvalue weighted by Gasteiger charge is -2.43. The lowest BCUT2D eigenvalue weighted by atomic mass is 9.76. The highest BCUT2D eigenvalue weighted by molar-refractivity contribution is 5.74. The number of allylic oxidation sites excluding steroid dienone is 2. The second-order valence-electron chi connectivity index (χ2n) is 13.3. The summed E-state index contributed by atoms with van der Waals surface area (Å²) in [6, 6.07) is 8.22. The van der Waals surface area contributed by atoms with Gasteiger partial charge in [-0.25, -0.2) is 9.07 Å². The van der Waals surface area contributed by atoms with Crippen LogP contribution in [0, 0.1) is 18.2 Å². The number of carbonyl (C=O) groups is 1. The van der Waals surface area contributed by atoms with Crippen LogP contribution in [0.25, 0.3) is 5.70 Å². The van der Waals surface area contributed by atoms with Crippen molar-refractivity contribution in [1.29, 1.82) is 0 Å². The van der Waals surface area contributed by atoms with Crippen LogP contribution in [0.5, 0.6) is 5.88 Å². The van der Waals surface area contributed by atoms with Crippen LogP contribution >= 0.6 is 0 Å². The minimum atomic E-state index is -5.00. The molecule has 1 aliphatic carbocycles. The molecule has 4 heterocycles. The first-order valence-electron chi connectivity index (χ1n) is 16.1. The number of halogens is 4. The van der Waals surface area contributed by atoms with Gasteiger partial charge in [0, 0.05) is 37.8 Å². The molecule has 0 amide bonds. The van der Waals surface area contributed by atoms with Crippen LogP contribution in [0.2, 0.25) is 0 Å². The largest absolute Gasteiger partial charge is 0.480 e. The molecule has 0 radical (unpaired) electrons. The fraction of sp³-hybridized carbons (Fsp3) is 0.471. The summed E-state index contributed by atoms with van der Waals surface area (Å²) in [5.74, 6) is -2.35. The van der Waals surface area contributed by atoms with E-state index in [1.165, 1.54) is 47.3 Å². The molecule has 0 bridgehead atoms. The van der Waals surface area contributed by atoms with Gasteiger partial charge in [-0.15, -0.1) is 0 Å². The van der Waals surface area contributed by atoms with E-state index < -0.39 is 53.6 Å². The van der Waals surface area contributed by atoms with E-state index in [-0.39, 0.29) is 17.1 Å². The molecule has 3 aromatic rings. The molecule has 2 aromatic heterocycles. The van der Waals surface area contributed by atoms with Crippen LogP contribution < -0.4 is 20.7 Å². The number of carboxylic acids is 1. The number of aliphatic carboxylic acids is 1. The summed E-state index contributed by atoms with van der Waals surface area (Å²) < 4.78 is 73.7. The Morgan fingerprint density at radius 3 is 2.53 bits per heavy atom. The van der Waals surface area contributed by atoms with E-state index in [1.807, 2.05) is 4.90 Å². The van der Waals surface area contributed by atoms with Gasteiger partial charge in [-0.2, -0.15) is 28.2 Å². The highest BCUT2D eigenvalue weighted by Crippen LogP contribution is 2.46. The number of hydrogen-bond acceptors (Lipinski definition) is 9. The van der Waals surface area contributed by atoms with Gasteiger partial charge in [-0.05, 0) is 81.4 Å². The maximum Gasteiger partial charge on any atom is 0.429 e. The second-order valence-corrected chi connectivity index (χ2v) is 13.3. The Hall–Kier alpha value is -4.50. The van der Waals surface area contributed by atoms with Crippen molar-refractivity contribution in [1.82, 2.24) is 25.1 Å². The van der Waals surface area contributed by atoms with Gasteiger partial charge in [0.1, 0.15) is 17.7 Å². The van der Waals surface area contributed by atoms with E-state index in [4.69, 9.17) is 15.2 Å². The van der Waals surface area contributed by atoms with E-state index >= 15 is 13.2 Å². The number of aromatic nitrogens is 4. The fourth-order valence-corrected chi connectivity index (χ4v) is 7.04. The zero-order valence-corrected chi connectivity index (χ0v) is 27.3. The molecule has 6 rings (SSSR count). The van der Waals surface area contributed by atoms with Gasteiger partial charge in [-0.3, -0.25) is 4.79 Å². The Morgan fingerprint density at radius 1 is 1.16 bits per heavy atom. The molecule has 4 N–H and O–H groups in total. The molecule has 262 valence electrons. The Labute approximate surface area is 280 Å². The first-order valence-corrected chi connectivity index (χ1v) is 16.1. The fourth-order valence-electron chi connectivity index (χ4n) is 7.04. The maximum absolute atomic E-state index is 15.4. The number of nitrogens with zero attached hydrogens (tertiary/aromatic N) is 5. The zero-order valence-electron chi connectivity index (χ0n) is 27.3. The number of nitrogens with one attached hydrogen (secondary N) is 1. The summed E-state index contributed by atoms with van der Waals surface area (Å²) in [4.78, 5) is 21.7. The number of ether oxygens (including phenoxy) is 2. The molecule has 2 unspecified atom stereocenters. The monoisotopic (exact) mass is 685 g/mol. The molecular formula is C34H39F4N7O4. The molecule has 2 aliphatic heterocycles. The summed E-state index contributed by atoms with van der Waals surface area (Å²) in [5, 5.41) is 16.9. The van der Waals surface area contributed by atoms with Crippen molar-refractivity contribution in [2.24, 2.45) is 5.41 Å². The summed E-state index contributed by atoms with van der Waals surface area (Å²) in [7, 11) is 0. The summed E-state index contributed by atoms with van der Waals surface area (Å²) in [5.41, 5.74) is 4.71. The molecule has 1 aromatic carbocycles. The number of hydrogen-bond donors (Lipinski definition) is 3. The summed E-state index contributed by atoms with van der Waals surface area (Å²) in [6.45, 7) is 6.50. The quantitative estimate of drug-likeness (QED) is 0.206. The third kappa shape index (κ3) is 7.13. The second kappa shape index (κ2) is 13.1. The van der Waals surface area contributed by atoms with Crippen LogP contribution in [0.15, 0.2) is 60.8 Å². The average Bonchev–Trinajstić information content (AvgIpc) is 3.65. The number of aryl methyl sites for hydroxylation is 1. The maximum atomic E-state index is 15.4. The number of piperidine rings is 1. The summed E-state index contributed by atoms with van der Waals surface area (Å²) in [6.07, 6.45) is -0.560. The molecule has 4 atom stereocenters. The van der Waals surface area contributed by atoms with Crippen LogP contribution in [-0.4, -0.2) is 80.5 Å². The van der Waals surface area contributed by atoms with E-state index in [1.54, 1.807) is 39.0 Å². The Bertz CT molecular complexity index is 1750. The summed E-state index contributed by atoms with van der Waals surface area (Å²) >= 11 is 0. The Kier molecular flexibility index (Phi) is 9.17. The first kappa shape index (κ1) is 34.4. The number of benzene rings is 1. The van der Waals surface area contributed by atoms with Gasteiger partial charge in [0.25, 0.3) is 0 Å². The third-order valence-electron chi connectivity index (χ3n) is 9.36. The molecule has 0 saturated carbocycles. The molecule has 3 aliphatic rings. The number of carboxylic acid groups (broad SMARTS) is 1. The van der Waals surface area contributed by atoms with Crippen LogP contribution in [-0.2, 0) is 9.53 Å². The highest BCUT2D eigenvalue weighted by Gasteiger charge is 2.60. The predicted molar refractivity (Wildman–Crippen MR) is 173 cm³/mol. The highest BCUT2D eigenvalue weighted by atomic mass is 19.4. The Morgan fingerprint density at radius 2 is 1.92 bits per heavy atom. The van der Waals surface area contributed by atoms with Gasteiger partial charge in [0.2, 0.25) is 17.9 Å². The van der Waals surface area contributed by atoms with E-state index in [0.29, 0.717) is 56.0 Å². The van der Waals surface area contributed by atoms with Crippen molar-refractivity contribution in [3.05, 3.63) is 77.9 Å². The SMILES string of the molecule is Cc1ccn(C2=CC(c3cccc(F)c3)C=CC2(OC(C)C)[C@@H](Oc2cc(N3CCC4(CC3)CN[C@H](C(=O)O)C4)nc(N)n2)C(F)(F)F)n1.